The number of hydrogen-bond donors (Lipinski definition) is 0. The zero-order valence-electron chi connectivity index (χ0n) is 11.6. The largest absolute Gasteiger partial charge is 0.462 e. The van der Waals surface area contributed by atoms with Crippen LogP contribution in [0.25, 0.3) is 16.3 Å². The highest BCUT2D eigenvalue weighted by molar-refractivity contribution is 9.09. The van der Waals surface area contributed by atoms with Crippen LogP contribution < -0.4 is 0 Å². The van der Waals surface area contributed by atoms with Crippen LogP contribution in [0, 0.1) is 11.3 Å². The van der Waals surface area contributed by atoms with Crippen LogP contribution in [0.2, 0.25) is 0 Å². The lowest BCUT2D eigenvalue weighted by Gasteiger charge is -2.09. The summed E-state index contributed by atoms with van der Waals surface area (Å²) in [6.45, 7) is 1.97. The Hall–Kier alpha value is -2.12. The second-order valence-corrected chi connectivity index (χ2v) is 4.94. The fraction of sp³-hybridized carbons (Fsp3) is 0.176. The highest BCUT2D eigenvalue weighted by atomic mass is 79.9. The molecule has 2 aromatic carbocycles. The SMILES string of the molecule is CCOC(=O)/C(C#N)=C(\CBr)c1ccc2ccccc2c1. The number of nitrogens with zero attached hydrogens (tertiary/aromatic N) is 1. The molecule has 0 radical (unpaired) electrons. The first-order valence-electron chi connectivity index (χ1n) is 6.56. The molecule has 2 rings (SSSR count). The summed E-state index contributed by atoms with van der Waals surface area (Å²) in [5.41, 5.74) is 1.53. The van der Waals surface area contributed by atoms with Crippen molar-refractivity contribution in [1.82, 2.24) is 0 Å². The van der Waals surface area contributed by atoms with Crippen LogP contribution in [-0.2, 0) is 9.53 Å². The van der Waals surface area contributed by atoms with Gasteiger partial charge in [-0.25, -0.2) is 4.79 Å². The zero-order chi connectivity index (χ0) is 15.2. The van der Waals surface area contributed by atoms with Crippen LogP contribution in [0.1, 0.15) is 12.5 Å². The Bertz CT molecular complexity index is 744. The molecular formula is C17H14BrNO2. The number of carbonyl (C=O) groups excluding carboxylic acids is 1. The van der Waals surface area contributed by atoms with Crippen molar-refractivity contribution < 1.29 is 9.53 Å². The number of esters is 1. The molecule has 21 heavy (non-hydrogen) atoms. The molecule has 0 aliphatic carbocycles. The molecule has 0 unspecified atom stereocenters. The number of rotatable bonds is 4. The first-order chi connectivity index (χ1) is 10.2. The van der Waals surface area contributed by atoms with Crippen LogP contribution in [0.5, 0.6) is 0 Å². The minimum atomic E-state index is -0.581. The summed E-state index contributed by atoms with van der Waals surface area (Å²) in [5.74, 6) is -0.581. The van der Waals surface area contributed by atoms with Gasteiger partial charge >= 0.3 is 5.97 Å². The molecule has 0 heterocycles. The van der Waals surface area contributed by atoms with Gasteiger partial charge in [-0.15, -0.1) is 0 Å². The molecule has 0 saturated heterocycles. The number of hydrogen-bond acceptors (Lipinski definition) is 3. The normalized spacial score (nSPS) is 11.7. The standard InChI is InChI=1S/C17H14BrNO2/c1-2-21-17(20)16(11-19)15(10-18)14-8-7-12-5-3-4-6-13(12)9-14/h3-9H,2,10H2,1H3/b16-15+. The second-order valence-electron chi connectivity index (χ2n) is 4.38. The number of carbonyl (C=O) groups is 1. The van der Waals surface area contributed by atoms with E-state index in [1.165, 1.54) is 0 Å². The maximum Gasteiger partial charge on any atom is 0.349 e. The molecule has 106 valence electrons. The summed E-state index contributed by atoms with van der Waals surface area (Å²) in [5, 5.41) is 11.9. The van der Waals surface area contributed by atoms with Crippen molar-refractivity contribution in [3.63, 3.8) is 0 Å². The van der Waals surface area contributed by atoms with E-state index in [1.54, 1.807) is 6.92 Å². The van der Waals surface area contributed by atoms with Gasteiger partial charge in [-0.05, 0) is 34.9 Å². The third kappa shape index (κ3) is 3.32. The van der Waals surface area contributed by atoms with Gasteiger partial charge in [0, 0.05) is 5.33 Å². The summed E-state index contributed by atoms with van der Waals surface area (Å²) >= 11 is 3.36. The highest BCUT2D eigenvalue weighted by Crippen LogP contribution is 2.25. The average molecular weight is 344 g/mol. The third-order valence-corrected chi connectivity index (χ3v) is 3.69. The Kier molecular flexibility index (Phi) is 5.13. The third-order valence-electron chi connectivity index (χ3n) is 3.12. The van der Waals surface area contributed by atoms with E-state index < -0.39 is 5.97 Å². The van der Waals surface area contributed by atoms with E-state index >= 15 is 0 Å². The molecule has 0 amide bonds. The fourth-order valence-electron chi connectivity index (χ4n) is 2.10. The molecule has 0 spiro atoms. The minimum Gasteiger partial charge on any atom is -0.462 e. The molecule has 4 heteroatoms. The van der Waals surface area contributed by atoms with Crippen molar-refractivity contribution in [2.45, 2.75) is 6.92 Å². The van der Waals surface area contributed by atoms with Gasteiger partial charge in [0.05, 0.1) is 6.61 Å². The van der Waals surface area contributed by atoms with Crippen LogP contribution in [0.15, 0.2) is 48.0 Å². The van der Waals surface area contributed by atoms with Crippen LogP contribution in [0.4, 0.5) is 0 Å². The van der Waals surface area contributed by atoms with E-state index in [0.717, 1.165) is 16.3 Å². The number of halogens is 1. The van der Waals surface area contributed by atoms with Crippen molar-refractivity contribution in [2.24, 2.45) is 0 Å². The van der Waals surface area contributed by atoms with Gasteiger partial charge < -0.3 is 4.74 Å². The molecule has 0 aromatic heterocycles. The first kappa shape index (κ1) is 15.3. The van der Waals surface area contributed by atoms with E-state index in [1.807, 2.05) is 48.5 Å². The number of fused-ring (bicyclic) bond motifs is 1. The predicted molar refractivity (Wildman–Crippen MR) is 86.9 cm³/mol. The predicted octanol–water partition coefficient (Wildman–Crippen LogP) is 4.07. The highest BCUT2D eigenvalue weighted by Gasteiger charge is 2.17. The van der Waals surface area contributed by atoms with Crippen molar-refractivity contribution in [3.8, 4) is 6.07 Å². The van der Waals surface area contributed by atoms with E-state index in [2.05, 4.69) is 15.9 Å². The molecule has 0 aliphatic rings. The molecule has 3 nitrogen and oxygen atoms in total. The van der Waals surface area contributed by atoms with Gasteiger partial charge in [0.25, 0.3) is 0 Å². The summed E-state index contributed by atoms with van der Waals surface area (Å²) in [4.78, 5) is 11.9. The van der Waals surface area contributed by atoms with Crippen molar-refractivity contribution in [3.05, 3.63) is 53.6 Å². The van der Waals surface area contributed by atoms with Gasteiger partial charge in [-0.1, -0.05) is 52.3 Å². The van der Waals surface area contributed by atoms with Gasteiger partial charge in [-0.3, -0.25) is 0 Å². The Morgan fingerprint density at radius 2 is 1.95 bits per heavy atom. The minimum absolute atomic E-state index is 0.0454. The Morgan fingerprint density at radius 3 is 2.57 bits per heavy atom. The number of ether oxygens (including phenoxy) is 1. The average Bonchev–Trinajstić information content (AvgIpc) is 2.52. The Balaban J connectivity index is 2.56. The fourth-order valence-corrected chi connectivity index (χ4v) is 2.71. The Morgan fingerprint density at radius 1 is 1.24 bits per heavy atom. The summed E-state index contributed by atoms with van der Waals surface area (Å²) < 4.78 is 4.95. The summed E-state index contributed by atoms with van der Waals surface area (Å²) in [6, 6.07) is 15.8. The maximum atomic E-state index is 11.9. The molecule has 0 N–H and O–H groups in total. The van der Waals surface area contributed by atoms with E-state index in [9.17, 15) is 10.1 Å². The first-order valence-corrected chi connectivity index (χ1v) is 7.69. The smallest absolute Gasteiger partial charge is 0.349 e. The quantitative estimate of drug-likeness (QED) is 0.364. The second kappa shape index (κ2) is 7.05. The molecule has 0 atom stereocenters. The number of nitriles is 1. The maximum absolute atomic E-state index is 11.9. The van der Waals surface area contributed by atoms with Gasteiger partial charge in [0.1, 0.15) is 11.6 Å². The topological polar surface area (TPSA) is 50.1 Å². The molecule has 0 aliphatic heterocycles. The number of benzene rings is 2. The van der Waals surface area contributed by atoms with E-state index in [-0.39, 0.29) is 12.2 Å². The summed E-state index contributed by atoms with van der Waals surface area (Å²) in [6.07, 6.45) is 0. The molecular weight excluding hydrogens is 330 g/mol. The lowest BCUT2D eigenvalue weighted by Crippen LogP contribution is -2.09. The van der Waals surface area contributed by atoms with E-state index in [0.29, 0.717) is 10.9 Å². The lowest BCUT2D eigenvalue weighted by atomic mass is 9.99. The molecule has 0 fully saturated rings. The van der Waals surface area contributed by atoms with E-state index in [4.69, 9.17) is 4.74 Å². The Labute approximate surface area is 132 Å². The van der Waals surface area contributed by atoms with Crippen molar-refractivity contribution in [1.29, 1.82) is 5.26 Å². The van der Waals surface area contributed by atoms with Gasteiger partial charge in [0.2, 0.25) is 0 Å². The zero-order valence-corrected chi connectivity index (χ0v) is 13.2. The van der Waals surface area contributed by atoms with Crippen LogP contribution in [0.3, 0.4) is 0 Å². The monoisotopic (exact) mass is 343 g/mol. The van der Waals surface area contributed by atoms with Crippen molar-refractivity contribution >= 4 is 38.2 Å². The van der Waals surface area contributed by atoms with Gasteiger partial charge in [0.15, 0.2) is 0 Å². The van der Waals surface area contributed by atoms with Gasteiger partial charge in [-0.2, -0.15) is 5.26 Å². The van der Waals surface area contributed by atoms with Crippen LogP contribution in [-0.4, -0.2) is 17.9 Å². The number of alkyl halides is 1. The molecule has 2 aromatic rings. The van der Waals surface area contributed by atoms with Crippen molar-refractivity contribution in [2.75, 3.05) is 11.9 Å². The number of allylic oxidation sites excluding steroid dienone is 1. The summed E-state index contributed by atoms with van der Waals surface area (Å²) in [7, 11) is 0. The van der Waals surface area contributed by atoms with Crippen LogP contribution >= 0.6 is 15.9 Å². The lowest BCUT2D eigenvalue weighted by molar-refractivity contribution is -0.137. The molecule has 0 bridgehead atoms. The molecule has 0 saturated carbocycles.